The highest BCUT2D eigenvalue weighted by Crippen LogP contribution is 2.19. The molecule has 6 heteroatoms. The van der Waals surface area contributed by atoms with E-state index in [1.165, 1.54) is 10.6 Å². The summed E-state index contributed by atoms with van der Waals surface area (Å²) in [5.74, 6) is -0.743. The first kappa shape index (κ1) is 14.6. The van der Waals surface area contributed by atoms with Crippen LogP contribution >= 0.6 is 0 Å². The van der Waals surface area contributed by atoms with E-state index in [0.717, 1.165) is 12.8 Å². The number of hydrogen-bond acceptors (Lipinski definition) is 3. The van der Waals surface area contributed by atoms with Crippen LogP contribution in [0.15, 0.2) is 18.3 Å². The van der Waals surface area contributed by atoms with E-state index < -0.39 is 5.97 Å². The topological polar surface area (TPSA) is 82.8 Å². The quantitative estimate of drug-likeness (QED) is 0.836. The van der Waals surface area contributed by atoms with Crippen molar-refractivity contribution in [2.24, 2.45) is 5.92 Å². The molecule has 20 heavy (non-hydrogen) atoms. The molecule has 1 saturated heterocycles. The fourth-order valence-corrected chi connectivity index (χ4v) is 2.70. The number of aromatic nitrogens is 1. The maximum atomic E-state index is 12.2. The van der Waals surface area contributed by atoms with E-state index in [4.69, 9.17) is 10.2 Å². The van der Waals surface area contributed by atoms with Gasteiger partial charge >= 0.3 is 5.97 Å². The number of hydrogen-bond donors (Lipinski definition) is 2. The van der Waals surface area contributed by atoms with Gasteiger partial charge in [-0.15, -0.1) is 0 Å². The summed E-state index contributed by atoms with van der Waals surface area (Å²) < 4.78 is 1.46. The number of piperidine rings is 1. The number of aliphatic hydroxyl groups excluding tert-OH is 1. The molecule has 0 saturated carbocycles. The lowest BCUT2D eigenvalue weighted by atomic mass is 9.95. The van der Waals surface area contributed by atoms with Crippen LogP contribution in [-0.2, 0) is 11.3 Å². The second-order valence-corrected chi connectivity index (χ2v) is 5.19. The summed E-state index contributed by atoms with van der Waals surface area (Å²) in [5, 5.41) is 18.0. The third-order valence-corrected chi connectivity index (χ3v) is 3.76. The number of aliphatic hydroxyl groups is 1. The van der Waals surface area contributed by atoms with Gasteiger partial charge in [-0.2, -0.15) is 0 Å². The number of amides is 1. The van der Waals surface area contributed by atoms with Gasteiger partial charge in [-0.25, -0.2) is 4.79 Å². The van der Waals surface area contributed by atoms with Crippen molar-refractivity contribution in [2.45, 2.75) is 25.8 Å². The van der Waals surface area contributed by atoms with E-state index in [-0.39, 0.29) is 24.8 Å². The second-order valence-electron chi connectivity index (χ2n) is 5.19. The van der Waals surface area contributed by atoms with Crippen LogP contribution in [0.1, 0.15) is 29.8 Å². The third-order valence-electron chi connectivity index (χ3n) is 3.76. The van der Waals surface area contributed by atoms with E-state index >= 15 is 0 Å². The Labute approximate surface area is 117 Å². The molecule has 0 radical (unpaired) electrons. The first-order valence-corrected chi connectivity index (χ1v) is 6.89. The van der Waals surface area contributed by atoms with Crippen LogP contribution in [0.25, 0.3) is 0 Å². The van der Waals surface area contributed by atoms with Gasteiger partial charge in [0.05, 0.1) is 0 Å². The molecule has 1 amide bonds. The van der Waals surface area contributed by atoms with E-state index in [1.54, 1.807) is 17.2 Å². The van der Waals surface area contributed by atoms with Crippen molar-refractivity contribution in [1.29, 1.82) is 0 Å². The number of carboxylic acids is 1. The van der Waals surface area contributed by atoms with Crippen LogP contribution in [0, 0.1) is 5.92 Å². The lowest BCUT2D eigenvalue weighted by Crippen LogP contribution is -2.41. The van der Waals surface area contributed by atoms with Gasteiger partial charge in [0.2, 0.25) is 5.91 Å². The Kier molecular flexibility index (Phi) is 4.79. The largest absolute Gasteiger partial charge is 0.477 e. The Morgan fingerprint density at radius 3 is 2.90 bits per heavy atom. The first-order valence-electron chi connectivity index (χ1n) is 6.89. The minimum absolute atomic E-state index is 0.0560. The fourth-order valence-electron chi connectivity index (χ4n) is 2.70. The van der Waals surface area contributed by atoms with Crippen molar-refractivity contribution in [1.82, 2.24) is 9.47 Å². The third kappa shape index (κ3) is 3.39. The number of likely N-dealkylation sites (tertiary alicyclic amines) is 1. The molecular weight excluding hydrogens is 260 g/mol. The highest BCUT2D eigenvalue weighted by molar-refractivity contribution is 5.86. The van der Waals surface area contributed by atoms with Gasteiger partial charge < -0.3 is 19.7 Å². The molecule has 0 aromatic carbocycles. The molecule has 2 heterocycles. The zero-order valence-corrected chi connectivity index (χ0v) is 11.4. The van der Waals surface area contributed by atoms with E-state index in [2.05, 4.69) is 0 Å². The van der Waals surface area contributed by atoms with Gasteiger partial charge in [0.1, 0.15) is 12.2 Å². The normalized spacial score (nSPS) is 19.1. The van der Waals surface area contributed by atoms with Crippen molar-refractivity contribution >= 4 is 11.9 Å². The van der Waals surface area contributed by atoms with E-state index in [1.807, 2.05) is 0 Å². The van der Waals surface area contributed by atoms with Crippen molar-refractivity contribution < 1.29 is 19.8 Å². The number of carboxylic acid groups (broad SMARTS) is 1. The van der Waals surface area contributed by atoms with Crippen LogP contribution in [-0.4, -0.2) is 51.3 Å². The standard InChI is InChI=1S/C14H20N2O4/c17-8-5-11-3-1-7-16(9-11)13(18)10-15-6-2-4-12(15)14(19)20/h2,4,6,11,17H,1,3,5,7-10H2,(H,19,20). The van der Waals surface area contributed by atoms with Gasteiger partial charge in [-0.1, -0.05) is 0 Å². The molecule has 1 unspecified atom stereocenters. The smallest absolute Gasteiger partial charge is 0.352 e. The summed E-state index contributed by atoms with van der Waals surface area (Å²) in [4.78, 5) is 25.0. The Morgan fingerprint density at radius 2 is 2.20 bits per heavy atom. The van der Waals surface area contributed by atoms with Gasteiger partial charge in [-0.05, 0) is 37.3 Å². The summed E-state index contributed by atoms with van der Waals surface area (Å²) in [6.45, 7) is 1.57. The Bertz CT molecular complexity index is 481. The molecule has 1 fully saturated rings. The van der Waals surface area contributed by atoms with Gasteiger partial charge in [0.25, 0.3) is 0 Å². The SMILES string of the molecule is O=C(O)c1cccn1CC(=O)N1CCCC(CCO)C1. The summed E-state index contributed by atoms with van der Waals surface area (Å²) in [5.41, 5.74) is 0.127. The molecular formula is C14H20N2O4. The number of aromatic carboxylic acids is 1. The zero-order valence-electron chi connectivity index (χ0n) is 11.4. The lowest BCUT2D eigenvalue weighted by molar-refractivity contribution is -0.133. The molecule has 0 bridgehead atoms. The summed E-state index contributed by atoms with van der Waals surface area (Å²) in [7, 11) is 0. The molecule has 1 aliphatic rings. The maximum absolute atomic E-state index is 12.2. The van der Waals surface area contributed by atoms with Crippen molar-refractivity contribution in [3.63, 3.8) is 0 Å². The Morgan fingerprint density at radius 1 is 1.40 bits per heavy atom. The highest BCUT2D eigenvalue weighted by atomic mass is 16.4. The molecule has 2 rings (SSSR count). The van der Waals surface area contributed by atoms with E-state index in [9.17, 15) is 9.59 Å². The monoisotopic (exact) mass is 280 g/mol. The number of nitrogens with zero attached hydrogens (tertiary/aromatic N) is 2. The molecule has 1 aromatic heterocycles. The van der Waals surface area contributed by atoms with Crippen LogP contribution in [0.5, 0.6) is 0 Å². The van der Waals surface area contributed by atoms with Gasteiger partial charge in [0.15, 0.2) is 0 Å². The molecule has 6 nitrogen and oxygen atoms in total. The highest BCUT2D eigenvalue weighted by Gasteiger charge is 2.24. The molecule has 2 N–H and O–H groups in total. The first-order chi connectivity index (χ1) is 9.61. The van der Waals surface area contributed by atoms with Gasteiger partial charge in [-0.3, -0.25) is 4.79 Å². The predicted octanol–water partition coefficient (Wildman–Crippen LogP) is 0.807. The van der Waals surface area contributed by atoms with Crippen molar-refractivity contribution in [3.05, 3.63) is 24.0 Å². The maximum Gasteiger partial charge on any atom is 0.352 e. The summed E-state index contributed by atoms with van der Waals surface area (Å²) >= 11 is 0. The summed E-state index contributed by atoms with van der Waals surface area (Å²) in [6, 6.07) is 3.11. The molecule has 1 aromatic rings. The predicted molar refractivity (Wildman–Crippen MR) is 72.4 cm³/mol. The zero-order chi connectivity index (χ0) is 14.5. The van der Waals surface area contributed by atoms with Crippen molar-refractivity contribution in [2.75, 3.05) is 19.7 Å². The number of rotatable bonds is 5. The van der Waals surface area contributed by atoms with Crippen LogP contribution in [0.2, 0.25) is 0 Å². The van der Waals surface area contributed by atoms with Crippen LogP contribution in [0.3, 0.4) is 0 Å². The molecule has 1 atom stereocenters. The minimum atomic E-state index is -1.03. The second kappa shape index (κ2) is 6.56. The lowest BCUT2D eigenvalue weighted by Gasteiger charge is -2.32. The fraction of sp³-hybridized carbons (Fsp3) is 0.571. The molecule has 1 aliphatic heterocycles. The number of carbonyl (C=O) groups is 2. The van der Waals surface area contributed by atoms with E-state index in [0.29, 0.717) is 25.4 Å². The summed E-state index contributed by atoms with van der Waals surface area (Å²) in [6.07, 6.45) is 4.30. The number of carbonyl (C=O) groups excluding carboxylic acids is 1. The van der Waals surface area contributed by atoms with Crippen molar-refractivity contribution in [3.8, 4) is 0 Å². The Hall–Kier alpha value is -1.82. The average molecular weight is 280 g/mol. The Balaban J connectivity index is 1.97. The van der Waals surface area contributed by atoms with Gasteiger partial charge in [0, 0.05) is 25.9 Å². The molecule has 0 spiro atoms. The molecule has 110 valence electrons. The minimum Gasteiger partial charge on any atom is -0.477 e. The average Bonchev–Trinajstić information content (AvgIpc) is 2.88. The van der Waals surface area contributed by atoms with Crippen LogP contribution in [0.4, 0.5) is 0 Å². The van der Waals surface area contributed by atoms with Crippen LogP contribution < -0.4 is 0 Å². The molecule has 0 aliphatic carbocycles.